The second kappa shape index (κ2) is 3.20. The molecule has 0 N–H and O–H groups in total. The van der Waals surface area contributed by atoms with Gasteiger partial charge in [-0.3, -0.25) is 9.59 Å². The fourth-order valence-electron chi connectivity index (χ4n) is 0.768. The van der Waals surface area contributed by atoms with Gasteiger partial charge in [0.15, 0.2) is 12.1 Å². The molecule has 1 aliphatic rings. The van der Waals surface area contributed by atoms with Crippen molar-refractivity contribution in [2.45, 2.75) is 6.42 Å². The molecule has 0 unspecified atom stereocenters. The van der Waals surface area contributed by atoms with Crippen LogP contribution in [-0.2, 0) is 9.59 Å². The van der Waals surface area contributed by atoms with Crippen LogP contribution in [0.2, 0.25) is 0 Å². The van der Waals surface area contributed by atoms with Crippen molar-refractivity contribution in [2.24, 2.45) is 0 Å². The molecule has 11 heavy (non-hydrogen) atoms. The lowest BCUT2D eigenvalue weighted by atomic mass is 10.1. The highest BCUT2D eigenvalue weighted by molar-refractivity contribution is 6.41. The third-order valence-electron chi connectivity index (χ3n) is 1.28. The van der Waals surface area contributed by atoms with Crippen LogP contribution in [0, 0.1) is 0 Å². The second-order valence-electron chi connectivity index (χ2n) is 2.07. The van der Waals surface area contributed by atoms with Crippen LogP contribution < -0.4 is 0 Å². The van der Waals surface area contributed by atoms with Gasteiger partial charge in [0, 0.05) is 23.1 Å². The predicted octanol–water partition coefficient (Wildman–Crippen LogP) is 1.77. The van der Waals surface area contributed by atoms with E-state index in [4.69, 9.17) is 23.2 Å². The molecule has 0 atom stereocenters. The Morgan fingerprint density at radius 1 is 1.45 bits per heavy atom. The average molecular weight is 191 g/mol. The highest BCUT2D eigenvalue weighted by atomic mass is 35.5. The molecule has 0 aromatic rings. The van der Waals surface area contributed by atoms with Crippen LogP contribution in [0.15, 0.2) is 21.7 Å². The number of carbonyl (C=O) groups is 2. The summed E-state index contributed by atoms with van der Waals surface area (Å²) >= 11 is 11.1. The van der Waals surface area contributed by atoms with Crippen LogP contribution in [0.1, 0.15) is 6.42 Å². The standard InChI is InChI=1S/C7H4Cl2O2/c8-6-1-4(11)2-7(9)5(6)3-10/h1,3H,2H2. The third-order valence-corrected chi connectivity index (χ3v) is 1.93. The lowest BCUT2D eigenvalue weighted by Crippen LogP contribution is -2.04. The molecular weight excluding hydrogens is 187 g/mol. The molecule has 0 aromatic heterocycles. The molecule has 1 rings (SSSR count). The van der Waals surface area contributed by atoms with E-state index in [1.54, 1.807) is 0 Å². The molecule has 4 heteroatoms. The Kier molecular flexibility index (Phi) is 2.47. The van der Waals surface area contributed by atoms with Crippen molar-refractivity contribution in [2.75, 3.05) is 0 Å². The summed E-state index contributed by atoms with van der Waals surface area (Å²) in [6.45, 7) is 0. The number of ketones is 1. The first-order valence-corrected chi connectivity index (χ1v) is 3.65. The monoisotopic (exact) mass is 190 g/mol. The molecule has 0 spiro atoms. The van der Waals surface area contributed by atoms with Crippen molar-refractivity contribution in [3.05, 3.63) is 21.7 Å². The Hall–Kier alpha value is -0.600. The van der Waals surface area contributed by atoms with E-state index in [0.717, 1.165) is 0 Å². The quantitative estimate of drug-likeness (QED) is 0.592. The van der Waals surface area contributed by atoms with Crippen LogP contribution >= 0.6 is 23.2 Å². The molecule has 0 saturated heterocycles. The van der Waals surface area contributed by atoms with Crippen LogP contribution in [0.25, 0.3) is 0 Å². The van der Waals surface area contributed by atoms with Crippen molar-refractivity contribution < 1.29 is 9.59 Å². The lowest BCUT2D eigenvalue weighted by Gasteiger charge is -2.06. The van der Waals surface area contributed by atoms with E-state index < -0.39 is 0 Å². The molecule has 58 valence electrons. The zero-order chi connectivity index (χ0) is 8.43. The fourth-order valence-corrected chi connectivity index (χ4v) is 1.37. The maximum absolute atomic E-state index is 10.8. The van der Waals surface area contributed by atoms with Crippen molar-refractivity contribution in [3.63, 3.8) is 0 Å². The van der Waals surface area contributed by atoms with Gasteiger partial charge in [0.1, 0.15) is 0 Å². The zero-order valence-corrected chi connectivity index (χ0v) is 6.95. The Morgan fingerprint density at radius 2 is 2.09 bits per heavy atom. The summed E-state index contributed by atoms with van der Waals surface area (Å²) < 4.78 is 0. The average Bonchev–Trinajstić information content (AvgIpc) is 1.85. The van der Waals surface area contributed by atoms with Gasteiger partial charge in [-0.15, -0.1) is 0 Å². The summed E-state index contributed by atoms with van der Waals surface area (Å²) in [5.41, 5.74) is 0.216. The topological polar surface area (TPSA) is 34.1 Å². The molecule has 0 heterocycles. The maximum Gasteiger partial charge on any atom is 0.162 e. The smallest absolute Gasteiger partial charge is 0.162 e. The van der Waals surface area contributed by atoms with E-state index in [1.807, 2.05) is 0 Å². The van der Waals surface area contributed by atoms with Crippen LogP contribution in [0.5, 0.6) is 0 Å². The van der Waals surface area contributed by atoms with E-state index in [-0.39, 0.29) is 27.8 Å². The van der Waals surface area contributed by atoms with E-state index in [2.05, 4.69) is 0 Å². The Morgan fingerprint density at radius 3 is 2.55 bits per heavy atom. The number of aldehydes is 1. The SMILES string of the molecule is O=CC1=C(Cl)CC(=O)C=C1Cl. The van der Waals surface area contributed by atoms with Gasteiger partial charge in [-0.05, 0) is 0 Å². The molecule has 0 saturated carbocycles. The van der Waals surface area contributed by atoms with Crippen molar-refractivity contribution in [1.29, 1.82) is 0 Å². The van der Waals surface area contributed by atoms with Gasteiger partial charge in [0.2, 0.25) is 0 Å². The summed E-state index contributed by atoms with van der Waals surface area (Å²) in [7, 11) is 0. The van der Waals surface area contributed by atoms with Gasteiger partial charge >= 0.3 is 0 Å². The molecule has 0 amide bonds. The van der Waals surface area contributed by atoms with Gasteiger partial charge in [0.05, 0.1) is 5.03 Å². The minimum absolute atomic E-state index is 0.0752. The number of rotatable bonds is 1. The maximum atomic E-state index is 10.8. The first kappa shape index (κ1) is 8.50. The molecule has 2 nitrogen and oxygen atoms in total. The van der Waals surface area contributed by atoms with Gasteiger partial charge in [-0.25, -0.2) is 0 Å². The highest BCUT2D eigenvalue weighted by Gasteiger charge is 2.16. The largest absolute Gasteiger partial charge is 0.298 e. The van der Waals surface area contributed by atoms with Crippen molar-refractivity contribution in [1.82, 2.24) is 0 Å². The normalized spacial score (nSPS) is 18.4. The molecule has 0 fully saturated rings. The number of carbonyl (C=O) groups excluding carboxylic acids is 2. The summed E-state index contributed by atoms with van der Waals surface area (Å²) in [6, 6.07) is 0. The molecule has 0 radical (unpaired) electrons. The third kappa shape index (κ3) is 1.70. The van der Waals surface area contributed by atoms with Crippen LogP contribution in [-0.4, -0.2) is 12.1 Å². The first-order valence-electron chi connectivity index (χ1n) is 2.89. The van der Waals surface area contributed by atoms with Crippen molar-refractivity contribution in [3.8, 4) is 0 Å². The molecule has 0 aliphatic heterocycles. The molecule has 0 aromatic carbocycles. The van der Waals surface area contributed by atoms with E-state index in [0.29, 0.717) is 6.29 Å². The minimum atomic E-state index is -0.175. The molecule has 1 aliphatic carbocycles. The first-order chi connectivity index (χ1) is 5.15. The second-order valence-corrected chi connectivity index (χ2v) is 2.94. The van der Waals surface area contributed by atoms with Gasteiger partial charge < -0.3 is 0 Å². The Labute approximate surface area is 73.5 Å². The molecular formula is C7H4Cl2O2. The zero-order valence-electron chi connectivity index (χ0n) is 5.43. The van der Waals surface area contributed by atoms with Crippen molar-refractivity contribution >= 4 is 35.3 Å². The number of hydrogen-bond acceptors (Lipinski definition) is 2. The summed E-state index contributed by atoms with van der Waals surface area (Å²) in [6.07, 6.45) is 1.83. The Bertz CT molecular complexity index is 276. The Balaban J connectivity index is 3.09. The number of halogens is 2. The molecule has 0 bridgehead atoms. The van der Waals surface area contributed by atoms with Gasteiger partial charge in [0.25, 0.3) is 0 Å². The highest BCUT2D eigenvalue weighted by Crippen LogP contribution is 2.26. The van der Waals surface area contributed by atoms with Crippen LogP contribution in [0.4, 0.5) is 0 Å². The van der Waals surface area contributed by atoms with E-state index in [9.17, 15) is 9.59 Å². The van der Waals surface area contributed by atoms with Gasteiger partial charge in [-0.2, -0.15) is 0 Å². The summed E-state index contributed by atoms with van der Waals surface area (Å²) in [4.78, 5) is 21.1. The minimum Gasteiger partial charge on any atom is -0.298 e. The van der Waals surface area contributed by atoms with E-state index in [1.165, 1.54) is 6.08 Å². The fraction of sp³-hybridized carbons (Fsp3) is 0.143. The predicted molar refractivity (Wildman–Crippen MR) is 42.5 cm³/mol. The number of allylic oxidation sites excluding steroid dienone is 4. The summed E-state index contributed by atoms with van der Waals surface area (Å²) in [5.74, 6) is -0.175. The number of hydrogen-bond donors (Lipinski definition) is 0. The summed E-state index contributed by atoms with van der Waals surface area (Å²) in [5, 5.41) is 0.346. The van der Waals surface area contributed by atoms with Gasteiger partial charge in [-0.1, -0.05) is 23.2 Å². The van der Waals surface area contributed by atoms with Crippen LogP contribution in [0.3, 0.4) is 0 Å². The lowest BCUT2D eigenvalue weighted by molar-refractivity contribution is -0.114. The van der Waals surface area contributed by atoms with E-state index >= 15 is 0 Å².